The summed E-state index contributed by atoms with van der Waals surface area (Å²) in [7, 11) is 1.42. The molecule has 0 heterocycles. The molecule has 146 valence electrons. The molecule has 1 N–H and O–H groups in total. The van der Waals surface area contributed by atoms with Gasteiger partial charge in [0.25, 0.3) is 0 Å². The van der Waals surface area contributed by atoms with Gasteiger partial charge >= 0.3 is 5.97 Å². The van der Waals surface area contributed by atoms with Crippen molar-refractivity contribution < 1.29 is 24.1 Å². The highest BCUT2D eigenvalue weighted by atomic mass is 35.5. The number of halogens is 2. The predicted molar refractivity (Wildman–Crippen MR) is 109 cm³/mol. The minimum absolute atomic E-state index is 0.0379. The summed E-state index contributed by atoms with van der Waals surface area (Å²) in [5.41, 5.74) is 1.23. The first kappa shape index (κ1) is 21.5. The SMILES string of the molecule is C#CCOc1c(Cl)cc(OCc2ccccc2C(C(=O)O)=C(C)OC)cc1Cl. The summed E-state index contributed by atoms with van der Waals surface area (Å²) < 4.78 is 16.2. The molecular formula is C21H18Cl2O5. The number of methoxy groups -OCH3 is 1. The Morgan fingerprint density at radius 1 is 1.18 bits per heavy atom. The molecule has 2 aromatic rings. The second-order valence-corrected chi connectivity index (χ2v) is 6.41. The van der Waals surface area contributed by atoms with Gasteiger partial charge in [0, 0.05) is 12.1 Å². The lowest BCUT2D eigenvalue weighted by atomic mass is 9.99. The van der Waals surface area contributed by atoms with Crippen molar-refractivity contribution in [2.45, 2.75) is 13.5 Å². The van der Waals surface area contributed by atoms with Gasteiger partial charge in [-0.3, -0.25) is 0 Å². The van der Waals surface area contributed by atoms with Crippen LogP contribution in [0.2, 0.25) is 10.0 Å². The Morgan fingerprint density at radius 3 is 2.39 bits per heavy atom. The third kappa shape index (κ3) is 5.13. The van der Waals surface area contributed by atoms with E-state index < -0.39 is 5.97 Å². The van der Waals surface area contributed by atoms with Crippen LogP contribution in [0.4, 0.5) is 0 Å². The normalized spacial score (nSPS) is 11.2. The van der Waals surface area contributed by atoms with E-state index in [1.54, 1.807) is 43.3 Å². The van der Waals surface area contributed by atoms with E-state index in [0.29, 0.717) is 22.6 Å². The first-order chi connectivity index (χ1) is 13.4. The van der Waals surface area contributed by atoms with Crippen LogP contribution in [0.1, 0.15) is 18.1 Å². The molecule has 0 fully saturated rings. The third-order valence-corrected chi connectivity index (χ3v) is 4.39. The Bertz CT molecular complexity index is 921. The molecule has 0 spiro atoms. The molecule has 0 bridgehead atoms. The van der Waals surface area contributed by atoms with E-state index in [0.717, 1.165) is 0 Å². The highest BCUT2D eigenvalue weighted by Gasteiger charge is 2.19. The summed E-state index contributed by atoms with van der Waals surface area (Å²) in [6.45, 7) is 1.73. The van der Waals surface area contributed by atoms with Gasteiger partial charge in [0.1, 0.15) is 30.3 Å². The van der Waals surface area contributed by atoms with Crippen LogP contribution in [0.25, 0.3) is 5.57 Å². The van der Waals surface area contributed by atoms with Crippen molar-refractivity contribution in [1.29, 1.82) is 0 Å². The average molecular weight is 421 g/mol. The second kappa shape index (κ2) is 9.93. The van der Waals surface area contributed by atoms with Gasteiger partial charge in [0.2, 0.25) is 0 Å². The number of hydrogen-bond donors (Lipinski definition) is 1. The van der Waals surface area contributed by atoms with Crippen molar-refractivity contribution in [3.63, 3.8) is 0 Å². The van der Waals surface area contributed by atoms with Crippen LogP contribution in [0, 0.1) is 12.3 Å². The number of carboxylic acid groups (broad SMARTS) is 1. The maximum absolute atomic E-state index is 11.7. The van der Waals surface area contributed by atoms with Crippen LogP contribution in [0.15, 0.2) is 42.2 Å². The minimum Gasteiger partial charge on any atom is -0.500 e. The summed E-state index contributed by atoms with van der Waals surface area (Å²) >= 11 is 12.4. The van der Waals surface area contributed by atoms with Gasteiger partial charge in [-0.25, -0.2) is 4.79 Å². The van der Waals surface area contributed by atoms with Crippen LogP contribution in [-0.4, -0.2) is 24.8 Å². The number of rotatable bonds is 8. The van der Waals surface area contributed by atoms with Crippen LogP contribution >= 0.6 is 23.2 Å². The summed E-state index contributed by atoms with van der Waals surface area (Å²) in [6, 6.07) is 10.1. The van der Waals surface area contributed by atoms with Crippen molar-refractivity contribution >= 4 is 34.7 Å². The highest BCUT2D eigenvalue weighted by Crippen LogP contribution is 2.37. The van der Waals surface area contributed by atoms with Crippen LogP contribution < -0.4 is 9.47 Å². The lowest BCUT2D eigenvalue weighted by Gasteiger charge is -2.15. The number of allylic oxidation sites excluding steroid dienone is 1. The van der Waals surface area contributed by atoms with Gasteiger partial charge < -0.3 is 19.3 Å². The van der Waals surface area contributed by atoms with Crippen molar-refractivity contribution in [3.05, 3.63) is 63.3 Å². The van der Waals surface area contributed by atoms with Crippen molar-refractivity contribution in [2.75, 3.05) is 13.7 Å². The molecule has 0 atom stereocenters. The van der Waals surface area contributed by atoms with Crippen LogP contribution in [-0.2, 0) is 16.1 Å². The molecule has 5 nitrogen and oxygen atoms in total. The Morgan fingerprint density at radius 2 is 1.82 bits per heavy atom. The fourth-order valence-electron chi connectivity index (χ4n) is 2.48. The van der Waals surface area contributed by atoms with Crippen molar-refractivity contribution in [1.82, 2.24) is 0 Å². The smallest absolute Gasteiger partial charge is 0.339 e. The Hall–Kier alpha value is -2.81. The molecular weight excluding hydrogens is 403 g/mol. The molecule has 2 aromatic carbocycles. The lowest BCUT2D eigenvalue weighted by Crippen LogP contribution is -2.08. The lowest BCUT2D eigenvalue weighted by molar-refractivity contribution is -0.130. The van der Waals surface area contributed by atoms with E-state index in [1.165, 1.54) is 7.11 Å². The molecule has 0 aliphatic carbocycles. The quantitative estimate of drug-likeness (QED) is 0.367. The number of ether oxygens (including phenoxy) is 3. The first-order valence-corrected chi connectivity index (χ1v) is 8.89. The van der Waals surface area contributed by atoms with Gasteiger partial charge in [-0.05, 0) is 18.1 Å². The van der Waals surface area contributed by atoms with E-state index >= 15 is 0 Å². The summed E-state index contributed by atoms with van der Waals surface area (Å²) in [6.07, 6.45) is 5.17. The Balaban J connectivity index is 2.30. The second-order valence-electron chi connectivity index (χ2n) is 5.60. The maximum atomic E-state index is 11.7. The minimum atomic E-state index is -1.09. The van der Waals surface area contributed by atoms with E-state index in [4.69, 9.17) is 43.8 Å². The molecule has 0 radical (unpaired) electrons. The number of terminal acetylenes is 1. The molecule has 0 aliphatic rings. The topological polar surface area (TPSA) is 65.0 Å². The predicted octanol–water partition coefficient (Wildman–Crippen LogP) is 5.05. The summed E-state index contributed by atoms with van der Waals surface area (Å²) in [5, 5.41) is 10.1. The Labute approximate surface area is 173 Å². The molecule has 0 aromatic heterocycles. The number of carbonyl (C=O) groups is 1. The van der Waals surface area contributed by atoms with Gasteiger partial charge in [-0.2, -0.15) is 0 Å². The van der Waals surface area contributed by atoms with Crippen LogP contribution in [0.5, 0.6) is 11.5 Å². The summed E-state index contributed by atoms with van der Waals surface area (Å²) in [5.74, 6) is 2.22. The molecule has 0 saturated heterocycles. The molecule has 28 heavy (non-hydrogen) atoms. The van der Waals surface area contributed by atoms with Gasteiger partial charge in [0.15, 0.2) is 5.75 Å². The van der Waals surface area contributed by atoms with E-state index in [1.807, 2.05) is 0 Å². The van der Waals surface area contributed by atoms with Gasteiger partial charge in [0.05, 0.1) is 17.2 Å². The molecule has 0 amide bonds. The third-order valence-electron chi connectivity index (χ3n) is 3.82. The van der Waals surface area contributed by atoms with E-state index in [9.17, 15) is 9.90 Å². The number of carboxylic acids is 1. The molecule has 0 unspecified atom stereocenters. The molecule has 0 saturated carbocycles. The van der Waals surface area contributed by atoms with E-state index in [2.05, 4.69) is 5.92 Å². The van der Waals surface area contributed by atoms with Crippen molar-refractivity contribution in [2.24, 2.45) is 0 Å². The number of benzene rings is 2. The van der Waals surface area contributed by atoms with E-state index in [-0.39, 0.29) is 34.6 Å². The number of aliphatic carboxylic acids is 1. The molecule has 0 aliphatic heterocycles. The average Bonchev–Trinajstić information content (AvgIpc) is 2.66. The van der Waals surface area contributed by atoms with Gasteiger partial charge in [-0.15, -0.1) is 6.42 Å². The monoisotopic (exact) mass is 420 g/mol. The van der Waals surface area contributed by atoms with Crippen molar-refractivity contribution in [3.8, 4) is 23.8 Å². The number of hydrogen-bond acceptors (Lipinski definition) is 4. The molecule has 2 rings (SSSR count). The fraction of sp³-hybridized carbons (Fsp3) is 0.190. The zero-order valence-corrected chi connectivity index (χ0v) is 16.8. The fourth-order valence-corrected chi connectivity index (χ4v) is 3.06. The van der Waals surface area contributed by atoms with Gasteiger partial charge in [-0.1, -0.05) is 53.4 Å². The molecule has 7 heteroatoms. The largest absolute Gasteiger partial charge is 0.500 e. The zero-order chi connectivity index (χ0) is 20.7. The maximum Gasteiger partial charge on any atom is 0.339 e. The highest BCUT2D eigenvalue weighted by molar-refractivity contribution is 6.37. The van der Waals surface area contributed by atoms with Crippen LogP contribution in [0.3, 0.4) is 0 Å². The standard InChI is InChI=1S/C21H18Cl2O5/c1-4-9-27-20-17(22)10-15(11-18(20)23)28-12-14-7-5-6-8-16(14)19(21(24)25)13(2)26-3/h1,5-8,10-11H,9,12H2,2-3H3,(H,24,25). The Kier molecular flexibility index (Phi) is 7.62. The zero-order valence-electron chi connectivity index (χ0n) is 15.3. The summed E-state index contributed by atoms with van der Waals surface area (Å²) in [4.78, 5) is 11.7. The first-order valence-electron chi connectivity index (χ1n) is 8.13.